The second-order valence-corrected chi connectivity index (χ2v) is 3.25. The predicted molar refractivity (Wildman–Crippen MR) is 52.5 cm³/mol. The predicted octanol–water partition coefficient (Wildman–Crippen LogP) is 1.96. The molecule has 1 rings (SSSR count). The third-order valence-corrected chi connectivity index (χ3v) is 1.80. The molecule has 104 valence electrons. The van der Waals surface area contributed by atoms with Crippen LogP contribution in [0.5, 0.6) is 0 Å². The highest BCUT2D eigenvalue weighted by Crippen LogP contribution is 2.20. The number of carbonyl (C=O) groups excluding carboxylic acids is 1. The number of alkyl halides is 3. The molecule has 19 heavy (non-hydrogen) atoms. The second-order valence-electron chi connectivity index (χ2n) is 3.25. The fraction of sp³-hybridized carbons (Fsp3) is 0.222. The van der Waals surface area contributed by atoms with Gasteiger partial charge >= 0.3 is 6.18 Å². The zero-order valence-electron chi connectivity index (χ0n) is 9.03. The number of hydrogen-bond acceptors (Lipinski definition) is 4. The van der Waals surface area contributed by atoms with Gasteiger partial charge in [-0.05, 0) is 12.1 Å². The van der Waals surface area contributed by atoms with E-state index < -0.39 is 40.7 Å². The smallest absolute Gasteiger partial charge is 0.267 e. The zero-order valence-corrected chi connectivity index (χ0v) is 9.03. The molecule has 6 nitrogen and oxygen atoms in total. The van der Waals surface area contributed by atoms with E-state index in [-0.39, 0.29) is 0 Å². The maximum absolute atomic E-state index is 12.8. The summed E-state index contributed by atoms with van der Waals surface area (Å²) in [5, 5.41) is 10.5. The van der Waals surface area contributed by atoms with E-state index in [0.29, 0.717) is 6.07 Å². The number of benzene rings is 1. The van der Waals surface area contributed by atoms with Crippen LogP contribution in [0.25, 0.3) is 0 Å². The number of nitrogens with one attached hydrogen (secondary N) is 1. The van der Waals surface area contributed by atoms with Crippen LogP contribution in [0, 0.1) is 15.9 Å². The Morgan fingerprint density at radius 2 is 2.05 bits per heavy atom. The van der Waals surface area contributed by atoms with Gasteiger partial charge in [0, 0.05) is 0 Å². The highest BCUT2D eigenvalue weighted by molar-refractivity contribution is 5.97. The summed E-state index contributed by atoms with van der Waals surface area (Å²) in [6.45, 7) is -1.76. The summed E-state index contributed by atoms with van der Waals surface area (Å²) in [4.78, 5) is 24.7. The molecule has 1 aromatic carbocycles. The van der Waals surface area contributed by atoms with E-state index >= 15 is 0 Å². The van der Waals surface area contributed by atoms with Crippen molar-refractivity contribution in [3.63, 3.8) is 0 Å². The molecule has 0 atom stereocenters. The van der Waals surface area contributed by atoms with Crippen LogP contribution in [0.15, 0.2) is 18.2 Å². The Balaban J connectivity index is 2.80. The van der Waals surface area contributed by atoms with Gasteiger partial charge in [0.15, 0.2) is 6.61 Å². The zero-order chi connectivity index (χ0) is 14.6. The average Bonchev–Trinajstić information content (AvgIpc) is 2.26. The van der Waals surface area contributed by atoms with Crippen LogP contribution < -0.4 is 5.48 Å². The van der Waals surface area contributed by atoms with Crippen molar-refractivity contribution >= 4 is 11.6 Å². The molecule has 0 bridgehead atoms. The first-order valence-corrected chi connectivity index (χ1v) is 4.63. The van der Waals surface area contributed by atoms with Crippen molar-refractivity contribution in [1.29, 1.82) is 0 Å². The van der Waals surface area contributed by atoms with Crippen LogP contribution in [0.3, 0.4) is 0 Å². The summed E-state index contributed by atoms with van der Waals surface area (Å²) in [7, 11) is 0. The number of nitrogens with zero attached hydrogens (tertiary/aromatic N) is 1. The maximum Gasteiger partial charge on any atom is 0.414 e. The van der Waals surface area contributed by atoms with Gasteiger partial charge in [-0.15, -0.1) is 0 Å². The Labute approximate surface area is 103 Å². The molecule has 0 aromatic heterocycles. The third-order valence-electron chi connectivity index (χ3n) is 1.80. The van der Waals surface area contributed by atoms with Crippen molar-refractivity contribution in [3.05, 3.63) is 39.7 Å². The lowest BCUT2D eigenvalue weighted by Gasteiger charge is -2.08. The van der Waals surface area contributed by atoms with Crippen LogP contribution in [0.4, 0.5) is 23.2 Å². The molecule has 0 aliphatic carbocycles. The highest BCUT2D eigenvalue weighted by atomic mass is 19.4. The molecule has 0 spiro atoms. The van der Waals surface area contributed by atoms with Gasteiger partial charge in [-0.25, -0.2) is 9.87 Å². The van der Waals surface area contributed by atoms with E-state index in [1.54, 1.807) is 0 Å². The molecule has 0 aliphatic heterocycles. The van der Waals surface area contributed by atoms with Crippen molar-refractivity contribution in [1.82, 2.24) is 5.48 Å². The van der Waals surface area contributed by atoms with E-state index in [2.05, 4.69) is 4.84 Å². The van der Waals surface area contributed by atoms with E-state index in [1.165, 1.54) is 5.48 Å². The van der Waals surface area contributed by atoms with E-state index in [1.807, 2.05) is 0 Å². The van der Waals surface area contributed by atoms with Crippen molar-refractivity contribution in [2.24, 2.45) is 0 Å². The number of hydrogen-bond donors (Lipinski definition) is 1. The lowest BCUT2D eigenvalue weighted by Crippen LogP contribution is -2.30. The fourth-order valence-electron chi connectivity index (χ4n) is 1.09. The molecule has 1 aromatic rings. The number of nitro benzene ring substituents is 1. The van der Waals surface area contributed by atoms with Gasteiger partial charge < -0.3 is 0 Å². The van der Waals surface area contributed by atoms with Gasteiger partial charge in [0.2, 0.25) is 0 Å². The number of carbonyl (C=O) groups is 1. The summed E-state index contributed by atoms with van der Waals surface area (Å²) >= 11 is 0. The topological polar surface area (TPSA) is 81.5 Å². The van der Waals surface area contributed by atoms with Gasteiger partial charge in [0.25, 0.3) is 11.6 Å². The first-order valence-electron chi connectivity index (χ1n) is 4.63. The number of halogens is 4. The molecule has 0 saturated carbocycles. The Morgan fingerprint density at radius 3 is 2.58 bits per heavy atom. The van der Waals surface area contributed by atoms with Gasteiger partial charge in [0.05, 0.1) is 11.0 Å². The Hall–Kier alpha value is -2.23. The largest absolute Gasteiger partial charge is 0.414 e. The van der Waals surface area contributed by atoms with Crippen molar-refractivity contribution < 1.29 is 32.1 Å². The standard InChI is InChI=1S/C9H6F4N2O4/c10-5-1-2-6(7(3-5)15(17)18)8(16)14-19-4-9(11,12)13/h1-3H,4H2,(H,14,16). The first kappa shape index (κ1) is 14.8. The van der Waals surface area contributed by atoms with Crippen molar-refractivity contribution in [2.45, 2.75) is 6.18 Å². The number of rotatable bonds is 4. The molecule has 0 radical (unpaired) electrons. The second kappa shape index (κ2) is 5.61. The van der Waals surface area contributed by atoms with Gasteiger partial charge in [-0.1, -0.05) is 0 Å². The minimum Gasteiger partial charge on any atom is -0.267 e. The van der Waals surface area contributed by atoms with Crippen LogP contribution in [0.1, 0.15) is 10.4 Å². The molecule has 1 N–H and O–H groups in total. The fourth-order valence-corrected chi connectivity index (χ4v) is 1.09. The molecule has 0 saturated heterocycles. The average molecular weight is 282 g/mol. The summed E-state index contributed by atoms with van der Waals surface area (Å²) in [6, 6.07) is 1.99. The summed E-state index contributed by atoms with van der Waals surface area (Å²) in [5.41, 5.74) is -0.114. The Bertz CT molecular complexity index is 503. The summed E-state index contributed by atoms with van der Waals surface area (Å²) < 4.78 is 48.0. The monoisotopic (exact) mass is 282 g/mol. The van der Waals surface area contributed by atoms with E-state index in [0.717, 1.165) is 12.1 Å². The summed E-state index contributed by atoms with van der Waals surface area (Å²) in [5.74, 6) is -2.24. The molecular formula is C9H6F4N2O4. The lowest BCUT2D eigenvalue weighted by molar-refractivity contribution is -0.385. The first-order chi connectivity index (χ1) is 8.70. The van der Waals surface area contributed by atoms with Crippen LogP contribution in [-0.2, 0) is 4.84 Å². The lowest BCUT2D eigenvalue weighted by atomic mass is 10.1. The SMILES string of the molecule is O=C(NOCC(F)(F)F)c1ccc(F)cc1[N+](=O)[O-]. The molecule has 10 heteroatoms. The minimum absolute atomic E-state index is 0.471. The Morgan fingerprint density at radius 1 is 1.42 bits per heavy atom. The number of amides is 1. The normalized spacial score (nSPS) is 11.2. The molecule has 0 aliphatic rings. The molecule has 1 amide bonds. The van der Waals surface area contributed by atoms with Crippen LogP contribution in [0.2, 0.25) is 0 Å². The van der Waals surface area contributed by atoms with Gasteiger partial charge in [-0.3, -0.25) is 19.7 Å². The molecule has 0 unspecified atom stereocenters. The van der Waals surface area contributed by atoms with Gasteiger partial charge in [-0.2, -0.15) is 13.2 Å². The van der Waals surface area contributed by atoms with Crippen molar-refractivity contribution in [3.8, 4) is 0 Å². The van der Waals surface area contributed by atoms with E-state index in [4.69, 9.17) is 0 Å². The quantitative estimate of drug-likeness (QED) is 0.520. The minimum atomic E-state index is -4.66. The highest BCUT2D eigenvalue weighted by Gasteiger charge is 2.29. The van der Waals surface area contributed by atoms with Crippen LogP contribution >= 0.6 is 0 Å². The molecular weight excluding hydrogens is 276 g/mol. The summed E-state index contributed by atoms with van der Waals surface area (Å²) in [6.07, 6.45) is -4.66. The van der Waals surface area contributed by atoms with Crippen LogP contribution in [-0.4, -0.2) is 23.6 Å². The third kappa shape index (κ3) is 4.50. The Kier molecular flexibility index (Phi) is 4.38. The molecule has 0 heterocycles. The number of nitro groups is 1. The van der Waals surface area contributed by atoms with E-state index in [9.17, 15) is 32.5 Å². The van der Waals surface area contributed by atoms with Crippen molar-refractivity contribution in [2.75, 3.05) is 6.61 Å². The molecule has 0 fully saturated rings. The maximum atomic E-state index is 12.8. The van der Waals surface area contributed by atoms with Gasteiger partial charge in [0.1, 0.15) is 11.4 Å². The number of hydroxylamine groups is 1.